The number of hydrogen-bond donors (Lipinski definition) is 0. The highest BCUT2D eigenvalue weighted by Crippen LogP contribution is 2.10. The first kappa shape index (κ1) is 11.2. The highest BCUT2D eigenvalue weighted by Gasteiger charge is 1.98. The Morgan fingerprint density at radius 1 is 1.53 bits per heavy atom. The molecule has 0 atom stereocenters. The Morgan fingerprint density at radius 3 is 2.73 bits per heavy atom. The molecule has 1 heterocycles. The zero-order chi connectivity index (χ0) is 11.1. The lowest BCUT2D eigenvalue weighted by Gasteiger charge is -2.07. The van der Waals surface area contributed by atoms with Gasteiger partial charge in [-0.15, -0.1) is 0 Å². The molecular formula is C12H14N2O. The standard InChI is InChI=1S/C12H14N2O/c1-4-12(10(2)13-3)15-9-11-5-7-14-8-6-11/h4-8H,1,3,9H2,2H3/b12-10+. The zero-order valence-corrected chi connectivity index (χ0v) is 8.81. The van der Waals surface area contributed by atoms with Crippen LogP contribution in [0.2, 0.25) is 0 Å². The SMILES string of the molecule is C=C/C(OCc1ccncc1)=C(/C)N=C. The monoisotopic (exact) mass is 202 g/mol. The Labute approximate surface area is 89.8 Å². The van der Waals surface area contributed by atoms with E-state index in [9.17, 15) is 0 Å². The average Bonchev–Trinajstić information content (AvgIpc) is 2.31. The van der Waals surface area contributed by atoms with Crippen molar-refractivity contribution in [2.24, 2.45) is 4.99 Å². The number of nitrogens with zero attached hydrogens (tertiary/aromatic N) is 2. The Bertz CT molecular complexity index is 368. The second kappa shape index (κ2) is 5.75. The maximum absolute atomic E-state index is 5.53. The fraction of sp³-hybridized carbons (Fsp3) is 0.167. The number of aliphatic imine (C=N–C) groups is 1. The topological polar surface area (TPSA) is 34.5 Å². The Kier molecular flexibility index (Phi) is 4.29. The third-order valence-corrected chi connectivity index (χ3v) is 1.92. The summed E-state index contributed by atoms with van der Waals surface area (Å²) in [5.74, 6) is 0.654. The van der Waals surface area contributed by atoms with Crippen LogP contribution in [0.4, 0.5) is 0 Å². The summed E-state index contributed by atoms with van der Waals surface area (Å²) < 4.78 is 5.53. The van der Waals surface area contributed by atoms with Gasteiger partial charge in [-0.2, -0.15) is 0 Å². The van der Waals surface area contributed by atoms with Crippen molar-refractivity contribution in [1.82, 2.24) is 4.98 Å². The number of aromatic nitrogens is 1. The number of hydrogen-bond acceptors (Lipinski definition) is 3. The lowest BCUT2D eigenvalue weighted by Crippen LogP contribution is -1.93. The Hall–Kier alpha value is -1.90. The van der Waals surface area contributed by atoms with E-state index in [1.807, 2.05) is 19.1 Å². The van der Waals surface area contributed by atoms with E-state index in [1.165, 1.54) is 0 Å². The van der Waals surface area contributed by atoms with Crippen LogP contribution < -0.4 is 0 Å². The quantitative estimate of drug-likeness (QED) is 0.418. The highest BCUT2D eigenvalue weighted by molar-refractivity contribution is 5.31. The molecule has 1 aromatic heterocycles. The predicted molar refractivity (Wildman–Crippen MR) is 61.5 cm³/mol. The van der Waals surface area contributed by atoms with Gasteiger partial charge in [0.15, 0.2) is 0 Å². The summed E-state index contributed by atoms with van der Waals surface area (Å²) >= 11 is 0. The first-order chi connectivity index (χ1) is 7.27. The Balaban J connectivity index is 2.64. The maximum Gasteiger partial charge on any atom is 0.140 e. The molecule has 0 unspecified atom stereocenters. The minimum absolute atomic E-state index is 0.483. The predicted octanol–water partition coefficient (Wildman–Crippen LogP) is 2.72. The number of rotatable bonds is 5. The van der Waals surface area contributed by atoms with Gasteiger partial charge in [-0.25, -0.2) is 0 Å². The summed E-state index contributed by atoms with van der Waals surface area (Å²) in [6.45, 7) is 9.41. The summed E-state index contributed by atoms with van der Waals surface area (Å²) in [6, 6.07) is 3.80. The summed E-state index contributed by atoms with van der Waals surface area (Å²) in [7, 11) is 0. The largest absolute Gasteiger partial charge is 0.487 e. The van der Waals surface area contributed by atoms with Crippen molar-refractivity contribution in [1.29, 1.82) is 0 Å². The van der Waals surface area contributed by atoms with Crippen molar-refractivity contribution in [3.05, 3.63) is 54.2 Å². The first-order valence-corrected chi connectivity index (χ1v) is 4.59. The van der Waals surface area contributed by atoms with E-state index in [0.717, 1.165) is 11.3 Å². The van der Waals surface area contributed by atoms with Gasteiger partial charge in [0.05, 0.1) is 5.70 Å². The van der Waals surface area contributed by atoms with E-state index in [0.29, 0.717) is 12.4 Å². The molecule has 1 rings (SSSR count). The van der Waals surface area contributed by atoms with Crippen LogP contribution in [-0.2, 0) is 11.3 Å². The molecule has 1 aromatic rings. The lowest BCUT2D eigenvalue weighted by molar-refractivity contribution is 0.207. The minimum atomic E-state index is 0.483. The van der Waals surface area contributed by atoms with Gasteiger partial charge in [0, 0.05) is 12.4 Å². The van der Waals surface area contributed by atoms with Crippen LogP contribution in [0.15, 0.2) is 53.6 Å². The van der Waals surface area contributed by atoms with Crippen LogP contribution in [0.5, 0.6) is 0 Å². The van der Waals surface area contributed by atoms with Crippen molar-refractivity contribution in [3.63, 3.8) is 0 Å². The van der Waals surface area contributed by atoms with E-state index in [2.05, 4.69) is 23.3 Å². The van der Waals surface area contributed by atoms with Crippen LogP contribution >= 0.6 is 0 Å². The Morgan fingerprint density at radius 2 is 2.20 bits per heavy atom. The van der Waals surface area contributed by atoms with Gasteiger partial charge in [-0.3, -0.25) is 9.98 Å². The first-order valence-electron chi connectivity index (χ1n) is 4.59. The molecule has 0 aliphatic carbocycles. The molecule has 0 saturated carbocycles. The van der Waals surface area contributed by atoms with Crippen molar-refractivity contribution >= 4 is 6.72 Å². The molecule has 0 aliphatic heterocycles. The normalized spacial score (nSPS) is 11.5. The second-order valence-electron chi connectivity index (χ2n) is 2.96. The van der Waals surface area contributed by atoms with E-state index in [4.69, 9.17) is 4.74 Å². The number of pyridine rings is 1. The minimum Gasteiger partial charge on any atom is -0.487 e. The summed E-state index contributed by atoms with van der Waals surface area (Å²) in [5.41, 5.74) is 1.79. The van der Waals surface area contributed by atoms with Gasteiger partial charge in [-0.05, 0) is 37.4 Å². The smallest absolute Gasteiger partial charge is 0.140 e. The van der Waals surface area contributed by atoms with Crippen LogP contribution in [0, 0.1) is 0 Å². The summed E-state index contributed by atoms with van der Waals surface area (Å²) in [5, 5.41) is 0. The van der Waals surface area contributed by atoms with Gasteiger partial charge in [0.25, 0.3) is 0 Å². The van der Waals surface area contributed by atoms with Crippen LogP contribution in [-0.4, -0.2) is 11.7 Å². The fourth-order valence-electron chi connectivity index (χ4n) is 1.03. The van der Waals surface area contributed by atoms with E-state index >= 15 is 0 Å². The molecular weight excluding hydrogens is 188 g/mol. The molecule has 3 heteroatoms. The maximum atomic E-state index is 5.53. The average molecular weight is 202 g/mol. The molecule has 78 valence electrons. The number of ether oxygens (including phenoxy) is 1. The second-order valence-corrected chi connectivity index (χ2v) is 2.96. The molecule has 0 aliphatic rings. The number of allylic oxidation sites excluding steroid dienone is 2. The molecule has 0 radical (unpaired) electrons. The zero-order valence-electron chi connectivity index (χ0n) is 8.81. The molecule has 0 bridgehead atoms. The highest BCUT2D eigenvalue weighted by atomic mass is 16.5. The molecule has 3 nitrogen and oxygen atoms in total. The third-order valence-electron chi connectivity index (χ3n) is 1.92. The summed E-state index contributed by atoms with van der Waals surface area (Å²) in [6.07, 6.45) is 5.09. The third kappa shape index (κ3) is 3.38. The van der Waals surface area contributed by atoms with Crippen molar-refractivity contribution in [2.45, 2.75) is 13.5 Å². The van der Waals surface area contributed by atoms with Crippen LogP contribution in [0.25, 0.3) is 0 Å². The van der Waals surface area contributed by atoms with Crippen LogP contribution in [0.3, 0.4) is 0 Å². The fourth-order valence-corrected chi connectivity index (χ4v) is 1.03. The molecule has 0 aromatic carbocycles. The van der Waals surface area contributed by atoms with Gasteiger partial charge in [0.1, 0.15) is 12.4 Å². The van der Waals surface area contributed by atoms with Crippen molar-refractivity contribution in [3.8, 4) is 0 Å². The van der Waals surface area contributed by atoms with Crippen molar-refractivity contribution < 1.29 is 4.74 Å². The van der Waals surface area contributed by atoms with Gasteiger partial charge >= 0.3 is 0 Å². The van der Waals surface area contributed by atoms with E-state index < -0.39 is 0 Å². The molecule has 0 amide bonds. The molecule has 0 N–H and O–H groups in total. The molecule has 15 heavy (non-hydrogen) atoms. The van der Waals surface area contributed by atoms with Crippen molar-refractivity contribution in [2.75, 3.05) is 0 Å². The lowest BCUT2D eigenvalue weighted by atomic mass is 10.3. The van der Waals surface area contributed by atoms with Crippen LogP contribution in [0.1, 0.15) is 12.5 Å². The van der Waals surface area contributed by atoms with E-state index in [1.54, 1.807) is 18.5 Å². The van der Waals surface area contributed by atoms with E-state index in [-0.39, 0.29) is 0 Å². The van der Waals surface area contributed by atoms with Gasteiger partial charge in [-0.1, -0.05) is 6.58 Å². The summed E-state index contributed by atoms with van der Waals surface area (Å²) in [4.78, 5) is 7.72. The molecule has 0 fully saturated rings. The van der Waals surface area contributed by atoms with Gasteiger partial charge < -0.3 is 4.74 Å². The van der Waals surface area contributed by atoms with Gasteiger partial charge in [0.2, 0.25) is 0 Å². The molecule has 0 spiro atoms. The molecule has 0 saturated heterocycles.